The van der Waals surface area contributed by atoms with Gasteiger partial charge in [0.1, 0.15) is 12.4 Å². The molecule has 0 bridgehead atoms. The third-order valence-corrected chi connectivity index (χ3v) is 2.89. The maximum absolute atomic E-state index is 13.8. The van der Waals surface area contributed by atoms with Gasteiger partial charge in [0.15, 0.2) is 11.6 Å². The van der Waals surface area contributed by atoms with E-state index in [1.54, 1.807) is 18.2 Å². The lowest BCUT2D eigenvalue weighted by atomic mass is 10.2. The van der Waals surface area contributed by atoms with Gasteiger partial charge < -0.3 is 10.1 Å². The average molecular weight is 277 g/mol. The summed E-state index contributed by atoms with van der Waals surface area (Å²) < 4.78 is 32.4. The summed E-state index contributed by atoms with van der Waals surface area (Å²) in [5, 5.41) is 3.13. The summed E-state index contributed by atoms with van der Waals surface area (Å²) in [6.07, 6.45) is 0. The van der Waals surface area contributed by atoms with E-state index in [2.05, 4.69) is 5.32 Å². The van der Waals surface area contributed by atoms with Crippen LogP contribution in [0.3, 0.4) is 0 Å². The lowest BCUT2D eigenvalue weighted by Crippen LogP contribution is -2.13. The third-order valence-electron chi connectivity index (χ3n) is 2.89. The normalized spacial score (nSPS) is 10.6. The zero-order valence-electron chi connectivity index (χ0n) is 11.3. The van der Waals surface area contributed by atoms with Gasteiger partial charge in [0, 0.05) is 12.1 Å². The Morgan fingerprint density at radius 1 is 1.10 bits per heavy atom. The topological polar surface area (TPSA) is 21.3 Å². The largest absolute Gasteiger partial charge is 0.485 e. The standard InChI is InChI=1S/C16H17F2NO/c1-2-19-10-13-6-4-8-15(18)16(13)20-11-12-5-3-7-14(17)9-12/h3-9,19H,2,10-11H2,1H3. The number of benzene rings is 2. The summed E-state index contributed by atoms with van der Waals surface area (Å²) in [5.74, 6) is -0.512. The van der Waals surface area contributed by atoms with Crippen LogP contribution in [-0.4, -0.2) is 6.54 Å². The van der Waals surface area contributed by atoms with E-state index < -0.39 is 5.82 Å². The molecule has 0 heterocycles. The number of para-hydroxylation sites is 1. The van der Waals surface area contributed by atoms with E-state index in [1.165, 1.54) is 18.2 Å². The van der Waals surface area contributed by atoms with Gasteiger partial charge in [-0.1, -0.05) is 31.2 Å². The minimum atomic E-state index is -0.406. The number of halogens is 2. The Labute approximate surface area is 117 Å². The van der Waals surface area contributed by atoms with Gasteiger partial charge in [-0.05, 0) is 30.3 Å². The molecule has 1 N–H and O–H groups in total. The van der Waals surface area contributed by atoms with Crippen molar-refractivity contribution in [2.75, 3.05) is 6.54 Å². The van der Waals surface area contributed by atoms with E-state index in [9.17, 15) is 8.78 Å². The Balaban J connectivity index is 2.11. The van der Waals surface area contributed by atoms with Crippen LogP contribution in [0.15, 0.2) is 42.5 Å². The Hall–Kier alpha value is -1.94. The van der Waals surface area contributed by atoms with E-state index in [4.69, 9.17) is 4.74 Å². The second-order valence-corrected chi connectivity index (χ2v) is 4.43. The molecule has 0 aromatic heterocycles. The first-order valence-electron chi connectivity index (χ1n) is 6.56. The average Bonchev–Trinajstić information content (AvgIpc) is 2.44. The molecule has 2 rings (SSSR count). The maximum atomic E-state index is 13.8. The molecule has 4 heteroatoms. The Morgan fingerprint density at radius 2 is 1.90 bits per heavy atom. The molecule has 0 aliphatic heterocycles. The molecule has 20 heavy (non-hydrogen) atoms. The molecule has 0 spiro atoms. The van der Waals surface area contributed by atoms with Crippen LogP contribution in [0.2, 0.25) is 0 Å². The molecule has 0 radical (unpaired) electrons. The highest BCUT2D eigenvalue weighted by Crippen LogP contribution is 2.23. The Morgan fingerprint density at radius 3 is 2.65 bits per heavy atom. The highest BCUT2D eigenvalue weighted by Gasteiger charge is 2.09. The van der Waals surface area contributed by atoms with Crippen LogP contribution in [0.5, 0.6) is 5.75 Å². The van der Waals surface area contributed by atoms with Gasteiger partial charge in [0.2, 0.25) is 0 Å². The first-order chi connectivity index (χ1) is 9.70. The minimum absolute atomic E-state index is 0.137. The van der Waals surface area contributed by atoms with E-state index in [0.29, 0.717) is 12.1 Å². The first-order valence-corrected chi connectivity index (χ1v) is 6.56. The molecule has 2 nitrogen and oxygen atoms in total. The molecule has 0 saturated carbocycles. The molecule has 2 aromatic carbocycles. The molecule has 2 aromatic rings. The molecule has 0 saturated heterocycles. The molecular formula is C16H17F2NO. The fraction of sp³-hybridized carbons (Fsp3) is 0.250. The minimum Gasteiger partial charge on any atom is -0.485 e. The second-order valence-electron chi connectivity index (χ2n) is 4.43. The van der Waals surface area contributed by atoms with Crippen molar-refractivity contribution in [3.05, 3.63) is 65.2 Å². The zero-order valence-corrected chi connectivity index (χ0v) is 11.3. The lowest BCUT2D eigenvalue weighted by Gasteiger charge is -2.13. The van der Waals surface area contributed by atoms with Crippen LogP contribution in [0.4, 0.5) is 8.78 Å². The van der Waals surface area contributed by atoms with E-state index in [0.717, 1.165) is 12.1 Å². The van der Waals surface area contributed by atoms with Gasteiger partial charge in [0.05, 0.1) is 0 Å². The summed E-state index contributed by atoms with van der Waals surface area (Å²) in [5.41, 5.74) is 1.42. The zero-order chi connectivity index (χ0) is 14.4. The molecule has 0 atom stereocenters. The first kappa shape index (κ1) is 14.5. The van der Waals surface area contributed by atoms with Crippen molar-refractivity contribution in [1.82, 2.24) is 5.32 Å². The summed E-state index contributed by atoms with van der Waals surface area (Å²) in [7, 11) is 0. The van der Waals surface area contributed by atoms with Crippen molar-refractivity contribution < 1.29 is 13.5 Å². The van der Waals surface area contributed by atoms with Gasteiger partial charge in [-0.25, -0.2) is 8.78 Å². The lowest BCUT2D eigenvalue weighted by molar-refractivity contribution is 0.285. The van der Waals surface area contributed by atoms with E-state index in [1.807, 2.05) is 13.0 Å². The van der Waals surface area contributed by atoms with Gasteiger partial charge in [0.25, 0.3) is 0 Å². The maximum Gasteiger partial charge on any atom is 0.165 e. The number of hydrogen-bond donors (Lipinski definition) is 1. The van der Waals surface area contributed by atoms with Crippen molar-refractivity contribution >= 4 is 0 Å². The van der Waals surface area contributed by atoms with Crippen molar-refractivity contribution in [2.24, 2.45) is 0 Å². The molecule has 0 aliphatic rings. The SMILES string of the molecule is CCNCc1cccc(F)c1OCc1cccc(F)c1. The van der Waals surface area contributed by atoms with Gasteiger partial charge in [-0.2, -0.15) is 0 Å². The quantitative estimate of drug-likeness (QED) is 0.870. The highest BCUT2D eigenvalue weighted by atomic mass is 19.1. The van der Waals surface area contributed by atoms with Gasteiger partial charge in [-0.15, -0.1) is 0 Å². The fourth-order valence-electron chi connectivity index (χ4n) is 1.90. The number of nitrogens with one attached hydrogen (secondary N) is 1. The van der Waals surface area contributed by atoms with Crippen molar-refractivity contribution in [3.63, 3.8) is 0 Å². The van der Waals surface area contributed by atoms with E-state index in [-0.39, 0.29) is 18.2 Å². The summed E-state index contributed by atoms with van der Waals surface area (Å²) in [6.45, 7) is 3.44. The van der Waals surface area contributed by atoms with Gasteiger partial charge in [-0.3, -0.25) is 0 Å². The van der Waals surface area contributed by atoms with Crippen LogP contribution in [0.1, 0.15) is 18.1 Å². The van der Waals surface area contributed by atoms with Crippen LogP contribution in [0, 0.1) is 11.6 Å². The van der Waals surface area contributed by atoms with Crippen LogP contribution in [0.25, 0.3) is 0 Å². The Bertz CT molecular complexity index is 572. The van der Waals surface area contributed by atoms with Crippen LogP contribution in [-0.2, 0) is 13.2 Å². The molecule has 0 fully saturated rings. The van der Waals surface area contributed by atoms with E-state index >= 15 is 0 Å². The fourth-order valence-corrected chi connectivity index (χ4v) is 1.90. The predicted molar refractivity (Wildman–Crippen MR) is 74.5 cm³/mol. The summed E-state index contributed by atoms with van der Waals surface area (Å²) >= 11 is 0. The molecule has 106 valence electrons. The molecule has 0 unspecified atom stereocenters. The van der Waals surface area contributed by atoms with Crippen LogP contribution >= 0.6 is 0 Å². The highest BCUT2D eigenvalue weighted by molar-refractivity contribution is 5.35. The number of rotatable bonds is 6. The molecule has 0 aliphatic carbocycles. The van der Waals surface area contributed by atoms with Crippen molar-refractivity contribution in [1.29, 1.82) is 0 Å². The van der Waals surface area contributed by atoms with Crippen molar-refractivity contribution in [2.45, 2.75) is 20.1 Å². The van der Waals surface area contributed by atoms with Gasteiger partial charge >= 0.3 is 0 Å². The Kier molecular flexibility index (Phi) is 5.07. The predicted octanol–water partition coefficient (Wildman–Crippen LogP) is 3.65. The second kappa shape index (κ2) is 7.01. The van der Waals surface area contributed by atoms with Crippen LogP contribution < -0.4 is 10.1 Å². The smallest absolute Gasteiger partial charge is 0.165 e. The monoisotopic (exact) mass is 277 g/mol. The number of ether oxygens (including phenoxy) is 1. The molecule has 0 amide bonds. The van der Waals surface area contributed by atoms with Crippen molar-refractivity contribution in [3.8, 4) is 5.75 Å². The third kappa shape index (κ3) is 3.78. The summed E-state index contributed by atoms with van der Waals surface area (Å²) in [4.78, 5) is 0. The number of hydrogen-bond acceptors (Lipinski definition) is 2. The summed E-state index contributed by atoms with van der Waals surface area (Å²) in [6, 6.07) is 10.9. The molecular weight excluding hydrogens is 260 g/mol.